The number of halogens is 1. The van der Waals surface area contributed by atoms with Crippen LogP contribution in [0.15, 0.2) is 24.3 Å². The summed E-state index contributed by atoms with van der Waals surface area (Å²) in [6.45, 7) is 3.41. The molecule has 0 unspecified atom stereocenters. The quantitative estimate of drug-likeness (QED) is 0.416. The molecule has 0 bridgehead atoms. The smallest absolute Gasteiger partial charge is 0.240 e. The summed E-state index contributed by atoms with van der Waals surface area (Å²) in [5, 5.41) is 0.359. The minimum absolute atomic E-state index is 0.0978. The van der Waals surface area contributed by atoms with Gasteiger partial charge < -0.3 is 9.64 Å². The molecule has 2 heterocycles. The number of amides is 3. The lowest BCUT2D eigenvalue weighted by Crippen LogP contribution is -2.47. The van der Waals surface area contributed by atoms with Crippen LogP contribution < -0.4 is 0 Å². The molecule has 0 aromatic heterocycles. The third kappa shape index (κ3) is 4.89. The van der Waals surface area contributed by atoms with Crippen LogP contribution in [0.3, 0.4) is 0 Å². The molecule has 2 fully saturated rings. The second-order valence-electron chi connectivity index (χ2n) is 8.61. The first kappa shape index (κ1) is 24.4. The third-order valence-electron chi connectivity index (χ3n) is 6.56. The molecule has 7 nitrogen and oxygen atoms in total. The summed E-state index contributed by atoms with van der Waals surface area (Å²) in [6.07, 6.45) is 2.25. The summed E-state index contributed by atoms with van der Waals surface area (Å²) >= 11 is 6.46. The number of hydrogen-bond donors (Lipinski definition) is 0. The van der Waals surface area contributed by atoms with Crippen molar-refractivity contribution in [2.75, 3.05) is 33.4 Å². The number of ether oxygens (including phenoxy) is 1. The van der Waals surface area contributed by atoms with Gasteiger partial charge in [-0.25, -0.2) is 0 Å². The summed E-state index contributed by atoms with van der Waals surface area (Å²) in [7, 11) is 1.56. The molecule has 3 rings (SSSR count). The summed E-state index contributed by atoms with van der Waals surface area (Å²) < 4.78 is 5.05. The van der Waals surface area contributed by atoms with Gasteiger partial charge in [-0.1, -0.05) is 36.7 Å². The Morgan fingerprint density at radius 1 is 1.25 bits per heavy atom. The fraction of sp³-hybridized carbons (Fsp3) is 0.583. The molecular formula is C24H31ClN2O5. The van der Waals surface area contributed by atoms with E-state index in [0.29, 0.717) is 43.1 Å². The van der Waals surface area contributed by atoms with Gasteiger partial charge in [0.05, 0.1) is 5.41 Å². The van der Waals surface area contributed by atoms with Crippen LogP contribution in [-0.4, -0.2) is 66.7 Å². The molecule has 2 atom stereocenters. The van der Waals surface area contributed by atoms with Gasteiger partial charge in [0.15, 0.2) is 0 Å². The van der Waals surface area contributed by atoms with Crippen molar-refractivity contribution < 1.29 is 23.9 Å². The number of benzene rings is 1. The molecule has 1 aromatic rings. The molecule has 2 saturated heterocycles. The van der Waals surface area contributed by atoms with E-state index in [9.17, 15) is 19.2 Å². The molecule has 0 saturated carbocycles. The molecule has 0 N–H and O–H groups in total. The van der Waals surface area contributed by atoms with Crippen molar-refractivity contribution in [3.05, 3.63) is 34.9 Å². The molecule has 2 aliphatic rings. The SMILES string of the molecule is CCC(=O)[C@@H]1CCCN(C(=O)C[C@@]2(c3ccccc3Cl)CC(=O)N(CCCOC)C2=O)C1. The van der Waals surface area contributed by atoms with E-state index in [4.69, 9.17) is 16.3 Å². The van der Waals surface area contributed by atoms with Gasteiger partial charge in [0, 0.05) is 63.6 Å². The predicted octanol–water partition coefficient (Wildman–Crippen LogP) is 2.98. The number of ketones is 1. The second kappa shape index (κ2) is 10.6. The van der Waals surface area contributed by atoms with Crippen molar-refractivity contribution in [3.63, 3.8) is 0 Å². The largest absolute Gasteiger partial charge is 0.385 e. The number of rotatable bonds is 9. The van der Waals surface area contributed by atoms with Crippen LogP contribution in [0.4, 0.5) is 0 Å². The molecule has 174 valence electrons. The number of methoxy groups -OCH3 is 1. The predicted molar refractivity (Wildman–Crippen MR) is 120 cm³/mol. The van der Waals surface area contributed by atoms with Crippen molar-refractivity contribution in [1.29, 1.82) is 0 Å². The summed E-state index contributed by atoms with van der Waals surface area (Å²) in [4.78, 5) is 55.0. The Morgan fingerprint density at radius 2 is 2.00 bits per heavy atom. The Kier molecular flexibility index (Phi) is 8.06. The number of piperidine rings is 1. The highest BCUT2D eigenvalue weighted by atomic mass is 35.5. The van der Waals surface area contributed by atoms with Crippen molar-refractivity contribution in [1.82, 2.24) is 9.80 Å². The average Bonchev–Trinajstić information content (AvgIpc) is 3.03. The molecule has 3 amide bonds. The van der Waals surface area contributed by atoms with Gasteiger partial charge >= 0.3 is 0 Å². The number of nitrogens with zero attached hydrogens (tertiary/aromatic N) is 2. The minimum atomic E-state index is -1.33. The lowest BCUT2D eigenvalue weighted by molar-refractivity contribution is -0.144. The first-order valence-corrected chi connectivity index (χ1v) is 11.6. The second-order valence-corrected chi connectivity index (χ2v) is 9.02. The van der Waals surface area contributed by atoms with E-state index in [1.54, 1.807) is 36.3 Å². The third-order valence-corrected chi connectivity index (χ3v) is 6.89. The van der Waals surface area contributed by atoms with Crippen LogP contribution in [0, 0.1) is 5.92 Å². The van der Waals surface area contributed by atoms with Crippen molar-refractivity contribution in [2.45, 2.75) is 50.9 Å². The summed E-state index contributed by atoms with van der Waals surface area (Å²) in [6, 6.07) is 6.91. The Labute approximate surface area is 194 Å². The lowest BCUT2D eigenvalue weighted by Gasteiger charge is -2.35. The number of imide groups is 1. The zero-order chi connectivity index (χ0) is 23.3. The number of carbonyl (C=O) groups excluding carboxylic acids is 4. The van der Waals surface area contributed by atoms with Crippen LogP contribution in [-0.2, 0) is 29.3 Å². The van der Waals surface area contributed by atoms with Gasteiger partial charge in [-0.2, -0.15) is 0 Å². The highest BCUT2D eigenvalue weighted by Crippen LogP contribution is 2.43. The Hall–Kier alpha value is -2.25. The maximum atomic E-state index is 13.6. The van der Waals surface area contributed by atoms with Crippen LogP contribution in [0.5, 0.6) is 0 Å². The van der Waals surface area contributed by atoms with E-state index in [-0.39, 0.29) is 42.9 Å². The summed E-state index contributed by atoms with van der Waals surface area (Å²) in [5.74, 6) is -0.937. The summed E-state index contributed by atoms with van der Waals surface area (Å²) in [5.41, 5.74) is -0.831. The fourth-order valence-corrected chi connectivity index (χ4v) is 5.13. The van der Waals surface area contributed by atoms with E-state index in [1.165, 1.54) is 4.90 Å². The molecule has 0 spiro atoms. The number of likely N-dealkylation sites (tertiary alicyclic amines) is 2. The Balaban J connectivity index is 1.89. The molecular weight excluding hydrogens is 432 g/mol. The van der Waals surface area contributed by atoms with Crippen LogP contribution in [0.2, 0.25) is 5.02 Å². The van der Waals surface area contributed by atoms with Gasteiger partial charge in [-0.3, -0.25) is 24.1 Å². The number of hydrogen-bond acceptors (Lipinski definition) is 5. The molecule has 32 heavy (non-hydrogen) atoms. The fourth-order valence-electron chi connectivity index (χ4n) is 4.81. The maximum absolute atomic E-state index is 13.6. The number of carbonyl (C=O) groups is 4. The lowest BCUT2D eigenvalue weighted by atomic mass is 9.75. The Morgan fingerprint density at radius 3 is 2.69 bits per heavy atom. The molecule has 2 aliphatic heterocycles. The van der Waals surface area contributed by atoms with Gasteiger partial charge in [-0.05, 0) is 30.9 Å². The standard InChI is InChI=1S/C24H31ClN2O5/c1-3-20(28)17-8-6-11-26(16-17)21(29)14-24(18-9-4-5-10-19(18)25)15-22(30)27(23(24)31)12-7-13-32-2/h4-5,9-10,17H,3,6-8,11-16H2,1-2H3/t17-,24+/m1/s1. The molecule has 0 radical (unpaired) electrons. The van der Waals surface area contributed by atoms with Crippen molar-refractivity contribution in [2.24, 2.45) is 5.92 Å². The van der Waals surface area contributed by atoms with Crippen LogP contribution in [0.25, 0.3) is 0 Å². The van der Waals surface area contributed by atoms with Crippen LogP contribution >= 0.6 is 11.6 Å². The first-order chi connectivity index (χ1) is 15.3. The van der Waals surface area contributed by atoms with E-state index in [1.807, 2.05) is 6.92 Å². The van der Waals surface area contributed by atoms with E-state index < -0.39 is 11.3 Å². The monoisotopic (exact) mass is 462 g/mol. The molecule has 0 aliphatic carbocycles. The van der Waals surface area contributed by atoms with Gasteiger partial charge in [0.25, 0.3) is 0 Å². The van der Waals surface area contributed by atoms with Crippen molar-refractivity contribution in [3.8, 4) is 0 Å². The minimum Gasteiger partial charge on any atom is -0.385 e. The Bertz CT molecular complexity index is 889. The van der Waals surface area contributed by atoms with E-state index in [0.717, 1.165) is 12.8 Å². The van der Waals surface area contributed by atoms with Crippen LogP contribution in [0.1, 0.15) is 51.0 Å². The maximum Gasteiger partial charge on any atom is 0.240 e. The average molecular weight is 463 g/mol. The number of Topliss-reactive ketones (excluding diaryl/α,β-unsaturated/α-hetero) is 1. The van der Waals surface area contributed by atoms with Gasteiger partial charge in [0.2, 0.25) is 17.7 Å². The van der Waals surface area contributed by atoms with Gasteiger partial charge in [-0.15, -0.1) is 0 Å². The highest BCUT2D eigenvalue weighted by molar-refractivity contribution is 6.32. The highest BCUT2D eigenvalue weighted by Gasteiger charge is 2.54. The normalized spacial score (nSPS) is 23.7. The van der Waals surface area contributed by atoms with E-state index >= 15 is 0 Å². The van der Waals surface area contributed by atoms with Gasteiger partial charge in [0.1, 0.15) is 5.78 Å². The van der Waals surface area contributed by atoms with E-state index in [2.05, 4.69) is 0 Å². The zero-order valence-corrected chi connectivity index (χ0v) is 19.5. The van der Waals surface area contributed by atoms with Crippen molar-refractivity contribution >= 4 is 35.1 Å². The molecule has 1 aromatic carbocycles. The first-order valence-electron chi connectivity index (χ1n) is 11.2. The topological polar surface area (TPSA) is 84.0 Å². The molecule has 8 heteroatoms. The zero-order valence-electron chi connectivity index (χ0n) is 18.8.